The van der Waals surface area contributed by atoms with Gasteiger partial charge in [0.2, 0.25) is 5.91 Å². The summed E-state index contributed by atoms with van der Waals surface area (Å²) in [4.78, 5) is 24.2. The Kier molecular flexibility index (Phi) is 6.59. The Morgan fingerprint density at radius 2 is 1.91 bits per heavy atom. The second-order valence-corrected chi connectivity index (χ2v) is 7.05. The van der Waals surface area contributed by atoms with E-state index in [-0.39, 0.29) is 28.3 Å². The van der Waals surface area contributed by atoms with Crippen LogP contribution in [0.5, 0.6) is 0 Å². The van der Waals surface area contributed by atoms with Crippen molar-refractivity contribution in [2.24, 2.45) is 11.7 Å². The Hall–Kier alpha value is -1.59. The standard InChI is InChI=1S/C17H26ClN3O2/c1-6-17(4,5)21-15(22)12-8-7-11(9-13(12)18)20-16(23)14(19)10(2)3/h7-10,14H,6,19H2,1-5H3,(H,20,23)(H,21,22)/t14-/m0/s1. The predicted molar refractivity (Wildman–Crippen MR) is 94.7 cm³/mol. The molecule has 2 amide bonds. The maximum absolute atomic E-state index is 12.3. The number of benzene rings is 1. The molecule has 0 aliphatic rings. The van der Waals surface area contributed by atoms with Gasteiger partial charge in [-0.1, -0.05) is 32.4 Å². The van der Waals surface area contributed by atoms with Crippen LogP contribution in [0.15, 0.2) is 18.2 Å². The van der Waals surface area contributed by atoms with Crippen LogP contribution >= 0.6 is 11.6 Å². The van der Waals surface area contributed by atoms with Crippen molar-refractivity contribution < 1.29 is 9.59 Å². The number of rotatable bonds is 6. The van der Waals surface area contributed by atoms with Gasteiger partial charge in [0.1, 0.15) is 0 Å². The molecule has 0 unspecified atom stereocenters. The van der Waals surface area contributed by atoms with Crippen molar-refractivity contribution in [1.82, 2.24) is 5.32 Å². The van der Waals surface area contributed by atoms with Crippen LogP contribution in [0, 0.1) is 5.92 Å². The summed E-state index contributed by atoms with van der Waals surface area (Å²) in [6, 6.07) is 4.20. The smallest absolute Gasteiger partial charge is 0.253 e. The highest BCUT2D eigenvalue weighted by Gasteiger charge is 2.21. The SMILES string of the molecule is CCC(C)(C)NC(=O)c1ccc(NC(=O)[C@@H](N)C(C)C)cc1Cl. The molecule has 1 rings (SSSR count). The molecule has 5 nitrogen and oxygen atoms in total. The highest BCUT2D eigenvalue weighted by Crippen LogP contribution is 2.22. The maximum atomic E-state index is 12.3. The second kappa shape index (κ2) is 7.79. The van der Waals surface area contributed by atoms with Crippen LogP contribution < -0.4 is 16.4 Å². The number of halogens is 1. The van der Waals surface area contributed by atoms with Crippen molar-refractivity contribution in [1.29, 1.82) is 0 Å². The quantitative estimate of drug-likeness (QED) is 0.744. The third-order valence-corrected chi connectivity index (χ3v) is 4.15. The van der Waals surface area contributed by atoms with Gasteiger partial charge in [0, 0.05) is 11.2 Å². The van der Waals surface area contributed by atoms with Gasteiger partial charge in [-0.3, -0.25) is 9.59 Å². The second-order valence-electron chi connectivity index (χ2n) is 6.65. The number of nitrogens with two attached hydrogens (primary N) is 1. The summed E-state index contributed by atoms with van der Waals surface area (Å²) >= 11 is 6.18. The molecule has 6 heteroatoms. The predicted octanol–water partition coefficient (Wildman–Crippen LogP) is 3.18. The lowest BCUT2D eigenvalue weighted by molar-refractivity contribution is -0.118. The number of hydrogen-bond acceptors (Lipinski definition) is 3. The summed E-state index contributed by atoms with van der Waals surface area (Å²) in [6.45, 7) is 9.64. The Morgan fingerprint density at radius 1 is 1.30 bits per heavy atom. The zero-order valence-corrected chi connectivity index (χ0v) is 15.1. The minimum Gasteiger partial charge on any atom is -0.347 e. The molecule has 1 aromatic carbocycles. The molecular formula is C17H26ClN3O2. The molecule has 23 heavy (non-hydrogen) atoms. The number of hydrogen-bond donors (Lipinski definition) is 3. The van der Waals surface area contributed by atoms with Crippen LogP contribution in [0.3, 0.4) is 0 Å². The van der Waals surface area contributed by atoms with Gasteiger partial charge in [0.15, 0.2) is 0 Å². The van der Waals surface area contributed by atoms with Crippen molar-refractivity contribution in [3.05, 3.63) is 28.8 Å². The lowest BCUT2D eigenvalue weighted by Gasteiger charge is -2.24. The van der Waals surface area contributed by atoms with Gasteiger partial charge < -0.3 is 16.4 Å². The third kappa shape index (κ3) is 5.52. The van der Waals surface area contributed by atoms with Crippen LogP contribution in [-0.2, 0) is 4.79 Å². The van der Waals surface area contributed by atoms with Crippen molar-refractivity contribution in [2.45, 2.75) is 52.6 Å². The van der Waals surface area contributed by atoms with Gasteiger partial charge in [-0.25, -0.2) is 0 Å². The molecule has 0 aromatic heterocycles. The first-order valence-corrected chi connectivity index (χ1v) is 8.13. The molecule has 1 aromatic rings. The normalized spacial score (nSPS) is 12.9. The van der Waals surface area contributed by atoms with Gasteiger partial charge in [0.05, 0.1) is 16.6 Å². The largest absolute Gasteiger partial charge is 0.347 e. The van der Waals surface area contributed by atoms with E-state index in [1.165, 1.54) is 0 Å². The summed E-state index contributed by atoms with van der Waals surface area (Å²) in [5.41, 5.74) is 6.38. The fourth-order valence-electron chi connectivity index (χ4n) is 1.77. The summed E-state index contributed by atoms with van der Waals surface area (Å²) in [7, 11) is 0. The number of amides is 2. The maximum Gasteiger partial charge on any atom is 0.253 e. The summed E-state index contributed by atoms with van der Waals surface area (Å²) in [5, 5.41) is 5.92. The lowest BCUT2D eigenvalue weighted by Crippen LogP contribution is -2.42. The molecule has 0 heterocycles. The molecule has 1 atom stereocenters. The number of nitrogens with one attached hydrogen (secondary N) is 2. The molecule has 0 radical (unpaired) electrons. The van der Waals surface area contributed by atoms with Gasteiger partial charge in [-0.2, -0.15) is 0 Å². The molecular weight excluding hydrogens is 314 g/mol. The van der Waals surface area contributed by atoms with Crippen molar-refractivity contribution in [2.75, 3.05) is 5.32 Å². The van der Waals surface area contributed by atoms with E-state index in [1.54, 1.807) is 18.2 Å². The molecule has 0 spiro atoms. The van der Waals surface area contributed by atoms with Crippen LogP contribution in [0.25, 0.3) is 0 Å². The molecule has 0 saturated heterocycles. The van der Waals surface area contributed by atoms with Crippen LogP contribution in [-0.4, -0.2) is 23.4 Å². The molecule has 128 valence electrons. The zero-order chi connectivity index (χ0) is 17.8. The lowest BCUT2D eigenvalue weighted by atomic mass is 10.0. The third-order valence-electron chi connectivity index (χ3n) is 3.84. The van der Waals surface area contributed by atoms with Gasteiger partial charge in [-0.05, 0) is 44.4 Å². The van der Waals surface area contributed by atoms with E-state index in [9.17, 15) is 9.59 Å². The van der Waals surface area contributed by atoms with E-state index in [4.69, 9.17) is 17.3 Å². The monoisotopic (exact) mass is 339 g/mol. The van der Waals surface area contributed by atoms with Gasteiger partial charge in [0.25, 0.3) is 5.91 Å². The first-order valence-electron chi connectivity index (χ1n) is 7.76. The average Bonchev–Trinajstić information content (AvgIpc) is 2.45. The highest BCUT2D eigenvalue weighted by atomic mass is 35.5. The average molecular weight is 340 g/mol. The van der Waals surface area contributed by atoms with Gasteiger partial charge >= 0.3 is 0 Å². The fraction of sp³-hybridized carbons (Fsp3) is 0.529. The minimum absolute atomic E-state index is 0.0341. The molecule has 0 aliphatic carbocycles. The van der Waals surface area contributed by atoms with Crippen LogP contribution in [0.1, 0.15) is 51.4 Å². The Bertz CT molecular complexity index is 585. The summed E-state index contributed by atoms with van der Waals surface area (Å²) in [6.07, 6.45) is 0.803. The molecule has 0 saturated carbocycles. The highest BCUT2D eigenvalue weighted by molar-refractivity contribution is 6.34. The van der Waals surface area contributed by atoms with E-state index in [0.29, 0.717) is 11.3 Å². The van der Waals surface area contributed by atoms with E-state index < -0.39 is 6.04 Å². The number of anilines is 1. The first kappa shape index (κ1) is 19.5. The summed E-state index contributed by atoms with van der Waals surface area (Å²) in [5.74, 6) is -0.481. The Labute approximate surface area is 143 Å². The molecule has 0 aliphatic heterocycles. The van der Waals surface area contributed by atoms with Crippen LogP contribution in [0.2, 0.25) is 5.02 Å². The zero-order valence-electron chi connectivity index (χ0n) is 14.4. The van der Waals surface area contributed by atoms with E-state index in [1.807, 2.05) is 34.6 Å². The van der Waals surface area contributed by atoms with Crippen molar-refractivity contribution in [3.8, 4) is 0 Å². The minimum atomic E-state index is -0.595. The van der Waals surface area contributed by atoms with E-state index in [2.05, 4.69) is 10.6 Å². The van der Waals surface area contributed by atoms with Gasteiger partial charge in [-0.15, -0.1) is 0 Å². The van der Waals surface area contributed by atoms with Crippen molar-refractivity contribution >= 4 is 29.1 Å². The van der Waals surface area contributed by atoms with E-state index in [0.717, 1.165) is 6.42 Å². The Morgan fingerprint density at radius 3 is 2.39 bits per heavy atom. The summed E-state index contributed by atoms with van der Waals surface area (Å²) < 4.78 is 0. The van der Waals surface area contributed by atoms with Crippen molar-refractivity contribution in [3.63, 3.8) is 0 Å². The molecule has 0 bridgehead atoms. The first-order chi connectivity index (χ1) is 10.6. The fourth-order valence-corrected chi connectivity index (χ4v) is 2.03. The number of carbonyl (C=O) groups is 2. The molecule has 0 fully saturated rings. The van der Waals surface area contributed by atoms with E-state index >= 15 is 0 Å². The molecule has 4 N–H and O–H groups in total. The number of carbonyl (C=O) groups excluding carboxylic acids is 2. The topological polar surface area (TPSA) is 84.2 Å². The van der Waals surface area contributed by atoms with Crippen LogP contribution in [0.4, 0.5) is 5.69 Å². The Balaban J connectivity index is 2.86.